The summed E-state index contributed by atoms with van der Waals surface area (Å²) in [6.07, 6.45) is 3.82. The summed E-state index contributed by atoms with van der Waals surface area (Å²) in [6.45, 7) is 4.61. The van der Waals surface area contributed by atoms with Gasteiger partial charge in [0.2, 0.25) is 5.91 Å². The normalized spacial score (nSPS) is 20.3. The van der Waals surface area contributed by atoms with E-state index in [4.69, 9.17) is 10.5 Å². The van der Waals surface area contributed by atoms with Crippen LogP contribution in [0, 0.1) is 6.92 Å². The topological polar surface area (TPSA) is 73.4 Å². The monoisotopic (exact) mass is 314 g/mol. The molecule has 3 rings (SSSR count). The average Bonchev–Trinajstić information content (AvgIpc) is 2.94. The summed E-state index contributed by atoms with van der Waals surface area (Å²) in [7, 11) is 0. The highest BCUT2D eigenvalue weighted by Gasteiger charge is 2.31. The zero-order chi connectivity index (χ0) is 16.2. The lowest BCUT2D eigenvalue weighted by atomic mass is 10.0. The summed E-state index contributed by atoms with van der Waals surface area (Å²) >= 11 is 0. The molecule has 1 saturated heterocycles. The first-order valence-electron chi connectivity index (χ1n) is 7.82. The van der Waals surface area contributed by atoms with Crippen LogP contribution >= 0.6 is 0 Å². The summed E-state index contributed by atoms with van der Waals surface area (Å²) < 4.78 is 7.71. The summed E-state index contributed by atoms with van der Waals surface area (Å²) in [5.74, 6) is -0.327. The lowest BCUT2D eigenvalue weighted by Gasteiger charge is -2.37. The van der Waals surface area contributed by atoms with Gasteiger partial charge < -0.3 is 10.5 Å². The van der Waals surface area contributed by atoms with Crippen LogP contribution in [0.1, 0.15) is 17.2 Å². The van der Waals surface area contributed by atoms with Gasteiger partial charge in [-0.1, -0.05) is 30.3 Å². The molecule has 1 aliphatic heterocycles. The number of hydrogen-bond acceptors (Lipinski definition) is 4. The van der Waals surface area contributed by atoms with E-state index in [0.717, 1.165) is 11.1 Å². The number of benzene rings is 1. The minimum Gasteiger partial charge on any atom is -0.374 e. The molecule has 1 amide bonds. The van der Waals surface area contributed by atoms with E-state index in [1.54, 1.807) is 0 Å². The van der Waals surface area contributed by atoms with Gasteiger partial charge in [0.1, 0.15) is 6.04 Å². The molecule has 2 unspecified atom stereocenters. The van der Waals surface area contributed by atoms with Crippen molar-refractivity contribution in [3.63, 3.8) is 0 Å². The van der Waals surface area contributed by atoms with Crippen LogP contribution in [0.5, 0.6) is 0 Å². The molecule has 2 aromatic rings. The number of carbonyl (C=O) groups is 1. The van der Waals surface area contributed by atoms with Gasteiger partial charge in [0.15, 0.2) is 0 Å². The number of nitrogens with two attached hydrogens (primary N) is 1. The van der Waals surface area contributed by atoms with Crippen molar-refractivity contribution in [1.29, 1.82) is 0 Å². The molecule has 2 heterocycles. The van der Waals surface area contributed by atoms with Crippen molar-refractivity contribution in [3.8, 4) is 0 Å². The highest BCUT2D eigenvalue weighted by Crippen LogP contribution is 2.23. The van der Waals surface area contributed by atoms with Crippen LogP contribution in [-0.4, -0.2) is 46.4 Å². The predicted octanol–water partition coefficient (Wildman–Crippen LogP) is 1.12. The molecular formula is C17H22N4O2. The molecule has 2 N–H and O–H groups in total. The number of amides is 1. The molecule has 0 bridgehead atoms. The molecule has 2 atom stereocenters. The number of morpholine rings is 1. The highest BCUT2D eigenvalue weighted by molar-refractivity contribution is 5.81. The maximum atomic E-state index is 12.0. The largest absolute Gasteiger partial charge is 0.374 e. The molecular weight excluding hydrogens is 292 g/mol. The second-order valence-electron chi connectivity index (χ2n) is 5.94. The van der Waals surface area contributed by atoms with Crippen LogP contribution in [-0.2, 0) is 16.1 Å². The van der Waals surface area contributed by atoms with Gasteiger partial charge in [-0.2, -0.15) is 5.10 Å². The van der Waals surface area contributed by atoms with Crippen LogP contribution in [0.25, 0.3) is 0 Å². The fourth-order valence-electron chi connectivity index (χ4n) is 3.05. The summed E-state index contributed by atoms with van der Waals surface area (Å²) in [5.41, 5.74) is 7.71. The Morgan fingerprint density at radius 1 is 1.43 bits per heavy atom. The van der Waals surface area contributed by atoms with Crippen molar-refractivity contribution in [2.75, 3.05) is 19.7 Å². The van der Waals surface area contributed by atoms with Crippen LogP contribution in [0.3, 0.4) is 0 Å². The second kappa shape index (κ2) is 6.93. The number of ether oxygens (including phenoxy) is 1. The number of carbonyl (C=O) groups excluding carboxylic acids is 1. The molecule has 0 spiro atoms. The first-order valence-corrected chi connectivity index (χ1v) is 7.82. The molecule has 23 heavy (non-hydrogen) atoms. The Balaban J connectivity index is 1.72. The molecule has 0 aliphatic carbocycles. The van der Waals surface area contributed by atoms with E-state index in [9.17, 15) is 4.79 Å². The first-order chi connectivity index (χ1) is 11.1. The van der Waals surface area contributed by atoms with E-state index in [1.807, 2.05) is 54.3 Å². The quantitative estimate of drug-likeness (QED) is 0.897. The van der Waals surface area contributed by atoms with Crippen molar-refractivity contribution < 1.29 is 9.53 Å². The third-order valence-corrected chi connectivity index (χ3v) is 4.07. The highest BCUT2D eigenvalue weighted by atomic mass is 16.5. The van der Waals surface area contributed by atoms with Crippen molar-refractivity contribution in [2.45, 2.75) is 25.6 Å². The summed E-state index contributed by atoms with van der Waals surface area (Å²) in [6, 6.07) is 9.25. The van der Waals surface area contributed by atoms with Gasteiger partial charge in [-0.15, -0.1) is 0 Å². The Kier molecular flexibility index (Phi) is 4.73. The minimum atomic E-state index is -0.415. The van der Waals surface area contributed by atoms with Gasteiger partial charge in [-0.25, -0.2) is 0 Å². The van der Waals surface area contributed by atoms with Gasteiger partial charge in [0, 0.05) is 19.3 Å². The van der Waals surface area contributed by atoms with Crippen LogP contribution in [0.2, 0.25) is 0 Å². The predicted molar refractivity (Wildman–Crippen MR) is 86.7 cm³/mol. The maximum absolute atomic E-state index is 12.0. The molecule has 0 radical (unpaired) electrons. The Morgan fingerprint density at radius 3 is 2.87 bits per heavy atom. The molecule has 0 saturated carbocycles. The van der Waals surface area contributed by atoms with Gasteiger partial charge >= 0.3 is 0 Å². The Labute approximate surface area is 135 Å². The second-order valence-corrected chi connectivity index (χ2v) is 5.94. The van der Waals surface area contributed by atoms with Crippen LogP contribution in [0.15, 0.2) is 42.7 Å². The van der Waals surface area contributed by atoms with E-state index in [0.29, 0.717) is 26.2 Å². The third-order valence-electron chi connectivity index (χ3n) is 4.07. The zero-order valence-corrected chi connectivity index (χ0v) is 13.3. The van der Waals surface area contributed by atoms with Gasteiger partial charge in [-0.05, 0) is 18.1 Å². The van der Waals surface area contributed by atoms with Gasteiger partial charge in [0.05, 0.1) is 25.5 Å². The van der Waals surface area contributed by atoms with Crippen molar-refractivity contribution in [1.82, 2.24) is 14.7 Å². The average molecular weight is 314 g/mol. The minimum absolute atomic E-state index is 0.00591. The van der Waals surface area contributed by atoms with Crippen molar-refractivity contribution in [3.05, 3.63) is 53.9 Å². The Bertz CT molecular complexity index is 656. The maximum Gasteiger partial charge on any atom is 0.239 e. The SMILES string of the molecule is Cc1cnn(CC2CN(C(C(N)=O)c3ccccc3)CCO2)c1. The third kappa shape index (κ3) is 3.78. The first kappa shape index (κ1) is 15.7. The number of hydrogen-bond donors (Lipinski definition) is 1. The summed E-state index contributed by atoms with van der Waals surface area (Å²) in [4.78, 5) is 14.1. The van der Waals surface area contributed by atoms with Crippen molar-refractivity contribution >= 4 is 5.91 Å². The number of primary amides is 1. The van der Waals surface area contributed by atoms with Crippen LogP contribution < -0.4 is 5.73 Å². The fraction of sp³-hybridized carbons (Fsp3) is 0.412. The molecule has 1 aliphatic rings. The Morgan fingerprint density at radius 2 is 2.22 bits per heavy atom. The van der Waals surface area contributed by atoms with E-state index in [1.165, 1.54) is 0 Å². The van der Waals surface area contributed by atoms with E-state index in [2.05, 4.69) is 10.00 Å². The standard InChI is InChI=1S/C17H22N4O2/c1-13-9-19-21(10-13)12-15-11-20(7-8-23-15)16(17(18)22)14-5-3-2-4-6-14/h2-6,9-10,15-16H,7-8,11-12H2,1H3,(H2,18,22). The Hall–Kier alpha value is -2.18. The number of aryl methyl sites for hydroxylation is 1. The van der Waals surface area contributed by atoms with E-state index >= 15 is 0 Å². The molecule has 6 nitrogen and oxygen atoms in total. The summed E-state index contributed by atoms with van der Waals surface area (Å²) in [5, 5.41) is 4.30. The number of aromatic nitrogens is 2. The van der Waals surface area contributed by atoms with Gasteiger partial charge in [0.25, 0.3) is 0 Å². The smallest absolute Gasteiger partial charge is 0.239 e. The lowest BCUT2D eigenvalue weighted by Crippen LogP contribution is -2.49. The number of rotatable bonds is 5. The number of nitrogens with zero attached hydrogens (tertiary/aromatic N) is 3. The molecule has 1 fully saturated rings. The lowest BCUT2D eigenvalue weighted by molar-refractivity contribution is -0.127. The zero-order valence-electron chi connectivity index (χ0n) is 13.3. The fourth-order valence-corrected chi connectivity index (χ4v) is 3.05. The molecule has 1 aromatic heterocycles. The van der Waals surface area contributed by atoms with Crippen LogP contribution in [0.4, 0.5) is 0 Å². The molecule has 122 valence electrons. The van der Waals surface area contributed by atoms with Gasteiger partial charge in [-0.3, -0.25) is 14.4 Å². The van der Waals surface area contributed by atoms with E-state index < -0.39 is 6.04 Å². The molecule has 6 heteroatoms. The molecule has 1 aromatic carbocycles. The van der Waals surface area contributed by atoms with Crippen molar-refractivity contribution in [2.24, 2.45) is 5.73 Å². The van der Waals surface area contributed by atoms with E-state index in [-0.39, 0.29) is 12.0 Å².